The number of nitrogens with one attached hydrogen (secondary N) is 1. The van der Waals surface area contributed by atoms with Crippen molar-refractivity contribution < 1.29 is 23.5 Å². The standard InChI is InChI=1S/C23H23NO6/c1-14(24-22(27)30-23(2,3)4)21(26)28-16-10-11-17-18(15-8-6-5-7-9-15)13-20(25)29-19(17)12-16/h5-14H,1-4H3,(H,24,27)/t14-/m1/s1. The number of hydrogen-bond donors (Lipinski definition) is 1. The molecule has 0 saturated heterocycles. The van der Waals surface area contributed by atoms with E-state index in [1.807, 2.05) is 30.3 Å². The maximum atomic E-state index is 12.3. The van der Waals surface area contributed by atoms with Crippen LogP contribution in [0.5, 0.6) is 5.75 Å². The summed E-state index contributed by atoms with van der Waals surface area (Å²) in [5, 5.41) is 3.13. The number of benzene rings is 2. The molecule has 3 aromatic rings. The van der Waals surface area contributed by atoms with Crippen LogP contribution < -0.4 is 15.7 Å². The summed E-state index contributed by atoms with van der Waals surface area (Å²) in [7, 11) is 0. The highest BCUT2D eigenvalue weighted by molar-refractivity contribution is 5.94. The van der Waals surface area contributed by atoms with Gasteiger partial charge in [0.25, 0.3) is 0 Å². The van der Waals surface area contributed by atoms with Crippen LogP contribution in [0.25, 0.3) is 22.1 Å². The molecule has 156 valence electrons. The summed E-state index contributed by atoms with van der Waals surface area (Å²) in [5.41, 5.74) is 0.694. The summed E-state index contributed by atoms with van der Waals surface area (Å²) in [6.07, 6.45) is -0.719. The molecule has 0 bridgehead atoms. The average Bonchev–Trinajstić information content (AvgIpc) is 2.66. The predicted molar refractivity (Wildman–Crippen MR) is 112 cm³/mol. The van der Waals surface area contributed by atoms with Crippen LogP contribution in [0.3, 0.4) is 0 Å². The summed E-state index contributed by atoms with van der Waals surface area (Å²) >= 11 is 0. The number of fused-ring (bicyclic) bond motifs is 1. The average molecular weight is 409 g/mol. The van der Waals surface area contributed by atoms with Gasteiger partial charge in [-0.25, -0.2) is 14.4 Å². The van der Waals surface area contributed by atoms with E-state index in [0.29, 0.717) is 11.0 Å². The number of alkyl carbamates (subject to hydrolysis) is 1. The highest BCUT2D eigenvalue weighted by atomic mass is 16.6. The molecule has 0 unspecified atom stereocenters. The second kappa shape index (κ2) is 8.41. The SMILES string of the molecule is C[C@@H](NC(=O)OC(C)(C)C)C(=O)Oc1ccc2c(-c3ccccc3)cc(=O)oc2c1. The maximum Gasteiger partial charge on any atom is 0.408 e. The molecule has 1 N–H and O–H groups in total. The first kappa shape index (κ1) is 21.1. The minimum atomic E-state index is -0.932. The molecular formula is C23H23NO6. The van der Waals surface area contributed by atoms with Gasteiger partial charge in [0.2, 0.25) is 0 Å². The van der Waals surface area contributed by atoms with E-state index in [1.165, 1.54) is 19.1 Å². The molecule has 3 rings (SSSR count). The van der Waals surface area contributed by atoms with Gasteiger partial charge in [0.05, 0.1) is 0 Å². The Labute approximate surface area is 173 Å². The smallest absolute Gasteiger partial charge is 0.408 e. The number of carbonyl (C=O) groups is 2. The first-order valence-corrected chi connectivity index (χ1v) is 9.47. The van der Waals surface area contributed by atoms with Gasteiger partial charge >= 0.3 is 17.7 Å². The van der Waals surface area contributed by atoms with E-state index >= 15 is 0 Å². The Hall–Kier alpha value is -3.61. The van der Waals surface area contributed by atoms with Crippen molar-refractivity contribution in [1.82, 2.24) is 5.32 Å². The third-order valence-corrected chi connectivity index (χ3v) is 4.11. The lowest BCUT2D eigenvalue weighted by atomic mass is 10.0. The Morgan fingerprint density at radius 3 is 2.40 bits per heavy atom. The van der Waals surface area contributed by atoms with Gasteiger partial charge in [-0.15, -0.1) is 0 Å². The number of amides is 1. The number of rotatable bonds is 4. The summed E-state index contributed by atoms with van der Waals surface area (Å²) in [4.78, 5) is 36.2. The van der Waals surface area contributed by atoms with Gasteiger partial charge in [-0.2, -0.15) is 0 Å². The molecule has 1 aromatic heterocycles. The van der Waals surface area contributed by atoms with Gasteiger partial charge in [-0.05, 0) is 51.0 Å². The molecule has 0 aliphatic rings. The van der Waals surface area contributed by atoms with Gasteiger partial charge in [0.15, 0.2) is 0 Å². The van der Waals surface area contributed by atoms with Crippen LogP contribution in [0.1, 0.15) is 27.7 Å². The molecule has 0 aliphatic heterocycles. The van der Waals surface area contributed by atoms with Crippen LogP contribution >= 0.6 is 0 Å². The largest absolute Gasteiger partial charge is 0.444 e. The second-order valence-electron chi connectivity index (χ2n) is 7.79. The van der Waals surface area contributed by atoms with Crippen LogP contribution in [-0.2, 0) is 9.53 Å². The Bertz CT molecular complexity index is 1130. The first-order chi connectivity index (χ1) is 14.1. The lowest BCUT2D eigenvalue weighted by molar-refractivity contribution is -0.136. The summed E-state index contributed by atoms with van der Waals surface area (Å²) < 4.78 is 15.7. The van der Waals surface area contributed by atoms with Crippen molar-refractivity contribution in [3.05, 3.63) is 65.0 Å². The Morgan fingerprint density at radius 1 is 1.03 bits per heavy atom. The molecule has 0 spiro atoms. The molecule has 7 nitrogen and oxygen atoms in total. The Morgan fingerprint density at radius 2 is 1.73 bits per heavy atom. The van der Waals surface area contributed by atoms with Crippen LogP contribution in [0, 0.1) is 0 Å². The van der Waals surface area contributed by atoms with Crippen molar-refractivity contribution in [3.8, 4) is 16.9 Å². The topological polar surface area (TPSA) is 94.8 Å². The van der Waals surface area contributed by atoms with Gasteiger partial charge in [0, 0.05) is 17.5 Å². The molecule has 1 amide bonds. The monoisotopic (exact) mass is 409 g/mol. The number of hydrogen-bond acceptors (Lipinski definition) is 6. The van der Waals surface area contributed by atoms with Gasteiger partial charge in [0.1, 0.15) is 23.0 Å². The molecule has 0 aliphatic carbocycles. The van der Waals surface area contributed by atoms with Crippen molar-refractivity contribution in [2.45, 2.75) is 39.3 Å². The van der Waals surface area contributed by atoms with E-state index < -0.39 is 29.3 Å². The number of ether oxygens (including phenoxy) is 2. The zero-order valence-electron chi connectivity index (χ0n) is 17.2. The Kier molecular flexibility index (Phi) is 5.91. The maximum absolute atomic E-state index is 12.3. The van der Waals surface area contributed by atoms with Crippen LogP contribution in [0.15, 0.2) is 63.8 Å². The van der Waals surface area contributed by atoms with E-state index in [0.717, 1.165) is 11.1 Å². The van der Waals surface area contributed by atoms with Gasteiger partial charge in [-0.3, -0.25) is 0 Å². The normalized spacial score (nSPS) is 12.3. The molecule has 1 atom stereocenters. The fourth-order valence-electron chi connectivity index (χ4n) is 2.81. The lowest BCUT2D eigenvalue weighted by Crippen LogP contribution is -2.43. The highest BCUT2D eigenvalue weighted by Crippen LogP contribution is 2.29. The van der Waals surface area contributed by atoms with E-state index in [4.69, 9.17) is 13.9 Å². The highest BCUT2D eigenvalue weighted by Gasteiger charge is 2.22. The zero-order chi connectivity index (χ0) is 21.9. The van der Waals surface area contributed by atoms with Crippen molar-refractivity contribution in [2.24, 2.45) is 0 Å². The fraction of sp³-hybridized carbons (Fsp3) is 0.261. The third-order valence-electron chi connectivity index (χ3n) is 4.11. The molecule has 30 heavy (non-hydrogen) atoms. The minimum Gasteiger partial charge on any atom is -0.444 e. The van der Waals surface area contributed by atoms with Crippen molar-refractivity contribution >= 4 is 23.0 Å². The molecule has 7 heteroatoms. The predicted octanol–water partition coefficient (Wildman–Crippen LogP) is 4.28. The summed E-state index contributed by atoms with van der Waals surface area (Å²) in [6, 6.07) is 14.7. The summed E-state index contributed by atoms with van der Waals surface area (Å²) in [5.74, 6) is -0.486. The third kappa shape index (κ3) is 5.26. The molecule has 0 fully saturated rings. The van der Waals surface area contributed by atoms with Crippen LogP contribution in [0.4, 0.5) is 4.79 Å². The molecule has 0 saturated carbocycles. The molecule has 0 radical (unpaired) electrons. The fourth-order valence-corrected chi connectivity index (χ4v) is 2.81. The number of carbonyl (C=O) groups excluding carboxylic acids is 2. The summed E-state index contributed by atoms with van der Waals surface area (Å²) in [6.45, 7) is 6.66. The first-order valence-electron chi connectivity index (χ1n) is 9.47. The van der Waals surface area contributed by atoms with E-state index in [1.54, 1.807) is 32.9 Å². The Balaban J connectivity index is 1.80. The van der Waals surface area contributed by atoms with E-state index in [-0.39, 0.29) is 5.75 Å². The minimum absolute atomic E-state index is 0.193. The molecule has 1 heterocycles. The quantitative estimate of drug-likeness (QED) is 0.393. The van der Waals surface area contributed by atoms with Crippen molar-refractivity contribution in [1.29, 1.82) is 0 Å². The lowest BCUT2D eigenvalue weighted by Gasteiger charge is -2.21. The molecular weight excluding hydrogens is 386 g/mol. The molecule has 2 aromatic carbocycles. The van der Waals surface area contributed by atoms with Crippen molar-refractivity contribution in [2.75, 3.05) is 0 Å². The second-order valence-corrected chi connectivity index (χ2v) is 7.79. The van der Waals surface area contributed by atoms with E-state index in [2.05, 4.69) is 5.32 Å². The van der Waals surface area contributed by atoms with Crippen LogP contribution in [-0.4, -0.2) is 23.7 Å². The van der Waals surface area contributed by atoms with Gasteiger partial charge < -0.3 is 19.2 Å². The van der Waals surface area contributed by atoms with Crippen molar-refractivity contribution in [3.63, 3.8) is 0 Å². The van der Waals surface area contributed by atoms with E-state index in [9.17, 15) is 14.4 Å². The zero-order valence-corrected chi connectivity index (χ0v) is 17.2. The van der Waals surface area contributed by atoms with Crippen LogP contribution in [0.2, 0.25) is 0 Å². The van der Waals surface area contributed by atoms with Gasteiger partial charge in [-0.1, -0.05) is 30.3 Å². The number of esters is 1.